The van der Waals surface area contributed by atoms with E-state index in [1.807, 2.05) is 13.8 Å². The number of benzene rings is 1. The van der Waals surface area contributed by atoms with E-state index in [-0.39, 0.29) is 5.69 Å². The number of nitro benzene ring substituents is 1. The Morgan fingerprint density at radius 1 is 1.33 bits per heavy atom. The van der Waals surface area contributed by atoms with Gasteiger partial charge in [-0.15, -0.1) is 11.3 Å². The molecule has 2 rings (SSSR count). The average Bonchev–Trinajstić information content (AvgIpc) is 2.66. The molecule has 1 aromatic heterocycles. The van der Waals surface area contributed by atoms with Gasteiger partial charge in [-0.2, -0.15) is 0 Å². The van der Waals surface area contributed by atoms with E-state index in [9.17, 15) is 10.1 Å². The average molecular weight is 263 g/mol. The lowest BCUT2D eigenvalue weighted by atomic mass is 10.2. The summed E-state index contributed by atoms with van der Waals surface area (Å²) in [4.78, 5) is 15.7. The summed E-state index contributed by atoms with van der Waals surface area (Å²) in [5.74, 6) is 0. The minimum absolute atomic E-state index is 0.0984. The third-order valence-electron chi connectivity index (χ3n) is 2.54. The molecule has 2 aromatic rings. The Labute approximate surface area is 109 Å². The molecule has 0 radical (unpaired) electrons. The summed E-state index contributed by atoms with van der Waals surface area (Å²) in [7, 11) is 0. The van der Waals surface area contributed by atoms with Gasteiger partial charge in [-0.05, 0) is 26.0 Å². The molecule has 5 nitrogen and oxygen atoms in total. The van der Waals surface area contributed by atoms with Crippen LogP contribution >= 0.6 is 11.3 Å². The number of thiazole rings is 1. The molecule has 0 fully saturated rings. The van der Waals surface area contributed by atoms with Crippen LogP contribution in [0.2, 0.25) is 0 Å². The Bertz CT molecular complexity index is 563. The number of hydrogen-bond donors (Lipinski definition) is 1. The molecule has 0 aliphatic rings. The van der Waals surface area contributed by atoms with E-state index in [4.69, 9.17) is 0 Å². The van der Waals surface area contributed by atoms with Crippen molar-refractivity contribution in [3.63, 3.8) is 0 Å². The van der Waals surface area contributed by atoms with Crippen LogP contribution in [0.5, 0.6) is 0 Å². The largest absolute Gasteiger partial charge is 0.379 e. The summed E-state index contributed by atoms with van der Waals surface area (Å²) in [6.45, 7) is 4.65. The molecule has 94 valence electrons. The molecule has 0 saturated carbocycles. The van der Waals surface area contributed by atoms with Gasteiger partial charge in [0, 0.05) is 22.7 Å². The molecule has 1 N–H and O–H groups in total. The second-order valence-corrected chi connectivity index (χ2v) is 5.30. The zero-order valence-corrected chi connectivity index (χ0v) is 11.0. The first-order chi connectivity index (χ1) is 8.56. The zero-order chi connectivity index (χ0) is 13.1. The molecule has 0 aliphatic carbocycles. The van der Waals surface area contributed by atoms with Gasteiger partial charge in [0.1, 0.15) is 0 Å². The van der Waals surface area contributed by atoms with Crippen molar-refractivity contribution in [3.05, 3.63) is 50.0 Å². The van der Waals surface area contributed by atoms with Crippen molar-refractivity contribution < 1.29 is 4.92 Å². The second kappa shape index (κ2) is 5.14. The van der Waals surface area contributed by atoms with Crippen molar-refractivity contribution in [2.75, 3.05) is 5.32 Å². The maximum atomic E-state index is 10.5. The van der Waals surface area contributed by atoms with Crippen molar-refractivity contribution in [2.45, 2.75) is 20.4 Å². The third kappa shape index (κ3) is 2.84. The van der Waals surface area contributed by atoms with Gasteiger partial charge >= 0.3 is 0 Å². The van der Waals surface area contributed by atoms with Gasteiger partial charge in [-0.1, -0.05) is 0 Å². The minimum atomic E-state index is -0.405. The van der Waals surface area contributed by atoms with Crippen molar-refractivity contribution in [1.29, 1.82) is 0 Å². The Hall–Kier alpha value is -1.95. The van der Waals surface area contributed by atoms with Crippen LogP contribution in [0.4, 0.5) is 11.4 Å². The summed E-state index contributed by atoms with van der Waals surface area (Å²) in [5, 5.41) is 14.8. The topological polar surface area (TPSA) is 68.1 Å². The van der Waals surface area contributed by atoms with Crippen LogP contribution in [0, 0.1) is 24.0 Å². The maximum absolute atomic E-state index is 10.5. The predicted molar refractivity (Wildman–Crippen MR) is 72.0 cm³/mol. The van der Waals surface area contributed by atoms with Gasteiger partial charge in [0.25, 0.3) is 5.69 Å². The number of anilines is 1. The van der Waals surface area contributed by atoms with E-state index in [0.29, 0.717) is 6.54 Å². The van der Waals surface area contributed by atoms with E-state index in [1.165, 1.54) is 17.0 Å². The van der Waals surface area contributed by atoms with E-state index in [0.717, 1.165) is 16.4 Å². The van der Waals surface area contributed by atoms with Crippen LogP contribution in [0.3, 0.4) is 0 Å². The van der Waals surface area contributed by atoms with Gasteiger partial charge in [0.15, 0.2) is 0 Å². The molecule has 1 aromatic carbocycles. The van der Waals surface area contributed by atoms with E-state index in [1.54, 1.807) is 23.5 Å². The SMILES string of the molecule is Cc1nc(CNc2ccc([N+](=O)[O-])cc2)c(C)s1. The van der Waals surface area contributed by atoms with Crippen LogP contribution in [0.1, 0.15) is 15.6 Å². The number of aryl methyl sites for hydroxylation is 2. The Morgan fingerprint density at radius 3 is 2.50 bits per heavy atom. The number of non-ortho nitro benzene ring substituents is 1. The summed E-state index contributed by atoms with van der Waals surface area (Å²) >= 11 is 1.67. The molecule has 6 heteroatoms. The maximum Gasteiger partial charge on any atom is 0.269 e. The van der Waals surface area contributed by atoms with E-state index < -0.39 is 4.92 Å². The first kappa shape index (κ1) is 12.5. The lowest BCUT2D eigenvalue weighted by Gasteiger charge is -2.04. The lowest BCUT2D eigenvalue weighted by Crippen LogP contribution is -2.01. The van der Waals surface area contributed by atoms with Gasteiger partial charge in [0.2, 0.25) is 0 Å². The summed E-state index contributed by atoms with van der Waals surface area (Å²) in [6.07, 6.45) is 0. The second-order valence-electron chi connectivity index (χ2n) is 3.89. The normalized spacial score (nSPS) is 10.3. The van der Waals surface area contributed by atoms with Crippen molar-refractivity contribution in [2.24, 2.45) is 0 Å². The summed E-state index contributed by atoms with van der Waals surface area (Å²) in [6, 6.07) is 6.38. The highest BCUT2D eigenvalue weighted by Gasteiger charge is 2.06. The molecular formula is C12H13N3O2S. The van der Waals surface area contributed by atoms with Crippen molar-refractivity contribution in [1.82, 2.24) is 4.98 Å². The molecule has 0 bridgehead atoms. The number of nitrogens with one attached hydrogen (secondary N) is 1. The van der Waals surface area contributed by atoms with Gasteiger partial charge < -0.3 is 5.32 Å². The Balaban J connectivity index is 2.02. The summed E-state index contributed by atoms with van der Waals surface area (Å²) in [5.41, 5.74) is 1.97. The van der Waals surface area contributed by atoms with Crippen LogP contribution in [0.15, 0.2) is 24.3 Å². The van der Waals surface area contributed by atoms with Crippen LogP contribution in [-0.4, -0.2) is 9.91 Å². The minimum Gasteiger partial charge on any atom is -0.379 e. The summed E-state index contributed by atoms with van der Waals surface area (Å²) < 4.78 is 0. The fourth-order valence-corrected chi connectivity index (χ4v) is 2.46. The highest BCUT2D eigenvalue weighted by Crippen LogP contribution is 2.19. The fraction of sp³-hybridized carbons (Fsp3) is 0.250. The molecule has 0 saturated heterocycles. The van der Waals surface area contributed by atoms with Crippen LogP contribution < -0.4 is 5.32 Å². The van der Waals surface area contributed by atoms with Crippen LogP contribution in [-0.2, 0) is 6.54 Å². The monoisotopic (exact) mass is 263 g/mol. The number of aromatic nitrogens is 1. The third-order valence-corrected chi connectivity index (χ3v) is 3.47. The van der Waals surface area contributed by atoms with Crippen molar-refractivity contribution >= 4 is 22.7 Å². The molecule has 0 spiro atoms. The highest BCUT2D eigenvalue weighted by atomic mass is 32.1. The lowest BCUT2D eigenvalue weighted by molar-refractivity contribution is -0.384. The van der Waals surface area contributed by atoms with Gasteiger partial charge in [0.05, 0.1) is 22.2 Å². The number of hydrogen-bond acceptors (Lipinski definition) is 5. The first-order valence-corrected chi connectivity index (χ1v) is 6.29. The first-order valence-electron chi connectivity index (χ1n) is 5.47. The van der Waals surface area contributed by atoms with E-state index in [2.05, 4.69) is 10.3 Å². The number of rotatable bonds is 4. The number of nitro groups is 1. The van der Waals surface area contributed by atoms with Crippen LogP contribution in [0.25, 0.3) is 0 Å². The predicted octanol–water partition coefficient (Wildman–Crippen LogP) is 3.28. The van der Waals surface area contributed by atoms with Gasteiger partial charge in [-0.3, -0.25) is 10.1 Å². The fourth-order valence-electron chi connectivity index (χ4n) is 1.62. The molecular weight excluding hydrogens is 250 g/mol. The Kier molecular flexibility index (Phi) is 3.57. The standard InChI is InChI=1S/C12H13N3O2S/c1-8-12(14-9(2)18-8)7-13-10-3-5-11(6-4-10)15(16)17/h3-6,13H,7H2,1-2H3. The molecule has 0 atom stereocenters. The highest BCUT2D eigenvalue weighted by molar-refractivity contribution is 7.11. The van der Waals surface area contributed by atoms with Gasteiger partial charge in [-0.25, -0.2) is 4.98 Å². The molecule has 18 heavy (non-hydrogen) atoms. The Morgan fingerprint density at radius 2 is 2.00 bits per heavy atom. The molecule has 0 amide bonds. The molecule has 1 heterocycles. The smallest absolute Gasteiger partial charge is 0.269 e. The number of nitrogens with zero attached hydrogens (tertiary/aromatic N) is 2. The van der Waals surface area contributed by atoms with E-state index >= 15 is 0 Å². The molecule has 0 unspecified atom stereocenters. The zero-order valence-electron chi connectivity index (χ0n) is 10.1. The van der Waals surface area contributed by atoms with Crippen molar-refractivity contribution in [3.8, 4) is 0 Å². The molecule has 0 aliphatic heterocycles. The quantitative estimate of drug-likeness (QED) is 0.679.